The Labute approximate surface area is 263 Å². The van der Waals surface area contributed by atoms with Gasteiger partial charge in [-0.1, -0.05) is 96.5 Å². The van der Waals surface area contributed by atoms with E-state index >= 15 is 0 Å². The fourth-order valence-corrected chi connectivity index (χ4v) is 9.80. The standard InChI is InChI=1S/C36H31ClN2OP.BrH/c1-40-31-16-13-15-28(24-31)36-25-30(38-39(36)26-29-14-11-12-23-35(29)37)27-41(32-17-5-2-6-18-32,33-19-7-3-8-20-33)34-21-9-4-10-22-34;/h2-25H,26-27H2,1H3;1H/q+1;/p-1. The van der Waals surface area contributed by atoms with Crippen LogP contribution in [0, 0.1) is 0 Å². The van der Waals surface area contributed by atoms with Gasteiger partial charge in [0, 0.05) is 10.6 Å². The van der Waals surface area contributed by atoms with Crippen LogP contribution in [0.2, 0.25) is 5.02 Å². The van der Waals surface area contributed by atoms with Gasteiger partial charge in [-0.15, -0.1) is 0 Å². The minimum absolute atomic E-state index is 0. The molecule has 1 aromatic heterocycles. The highest BCUT2D eigenvalue weighted by molar-refractivity contribution is 7.95. The molecular weight excluding hydrogens is 623 g/mol. The highest BCUT2D eigenvalue weighted by Crippen LogP contribution is 2.58. The molecule has 0 spiro atoms. The number of methoxy groups -OCH3 is 1. The van der Waals surface area contributed by atoms with Crippen LogP contribution in [0.15, 0.2) is 146 Å². The van der Waals surface area contributed by atoms with Gasteiger partial charge in [-0.3, -0.25) is 4.68 Å². The molecule has 6 rings (SSSR count). The van der Waals surface area contributed by atoms with E-state index in [9.17, 15) is 0 Å². The maximum Gasteiger partial charge on any atom is 0.119 e. The lowest BCUT2D eigenvalue weighted by molar-refractivity contribution is -0.00000830. The number of rotatable bonds is 9. The third-order valence-corrected chi connectivity index (χ3v) is 12.2. The van der Waals surface area contributed by atoms with Gasteiger partial charge in [-0.25, -0.2) is 0 Å². The monoisotopic (exact) mass is 652 g/mol. The van der Waals surface area contributed by atoms with E-state index in [2.05, 4.69) is 120 Å². The van der Waals surface area contributed by atoms with E-state index in [1.54, 1.807) is 7.11 Å². The summed E-state index contributed by atoms with van der Waals surface area (Å²) in [6, 6.07) is 51.2. The van der Waals surface area contributed by atoms with Crippen molar-refractivity contribution >= 4 is 34.8 Å². The maximum atomic E-state index is 6.62. The molecule has 0 aliphatic heterocycles. The summed E-state index contributed by atoms with van der Waals surface area (Å²) in [6.45, 7) is 0.569. The van der Waals surface area contributed by atoms with Crippen LogP contribution in [0.5, 0.6) is 5.75 Å². The van der Waals surface area contributed by atoms with E-state index in [4.69, 9.17) is 21.4 Å². The molecule has 0 unspecified atom stereocenters. The number of aromatic nitrogens is 2. The van der Waals surface area contributed by atoms with Crippen LogP contribution in [-0.2, 0) is 12.7 Å². The highest BCUT2D eigenvalue weighted by atomic mass is 79.9. The lowest BCUT2D eigenvalue weighted by Gasteiger charge is -2.27. The first-order valence-electron chi connectivity index (χ1n) is 13.7. The fraction of sp³-hybridized carbons (Fsp3) is 0.0833. The van der Waals surface area contributed by atoms with Crippen LogP contribution >= 0.6 is 18.9 Å². The predicted molar refractivity (Wildman–Crippen MR) is 174 cm³/mol. The van der Waals surface area contributed by atoms with Crippen molar-refractivity contribution in [2.45, 2.75) is 12.7 Å². The Hall–Kier alpha value is -3.69. The molecule has 0 radical (unpaired) electrons. The van der Waals surface area contributed by atoms with Crippen molar-refractivity contribution in [3.63, 3.8) is 0 Å². The topological polar surface area (TPSA) is 27.1 Å². The Kier molecular flexibility index (Phi) is 9.59. The number of nitrogens with zero attached hydrogens (tertiary/aromatic N) is 2. The molecule has 0 saturated heterocycles. The first-order chi connectivity index (χ1) is 20.2. The van der Waals surface area contributed by atoms with Gasteiger partial charge in [0.15, 0.2) is 0 Å². The smallest absolute Gasteiger partial charge is 0.119 e. The summed E-state index contributed by atoms with van der Waals surface area (Å²) in [7, 11) is -0.409. The van der Waals surface area contributed by atoms with E-state index in [1.165, 1.54) is 15.9 Å². The van der Waals surface area contributed by atoms with Crippen molar-refractivity contribution in [1.29, 1.82) is 0 Å². The molecule has 3 nitrogen and oxygen atoms in total. The molecule has 6 aromatic rings. The molecule has 0 N–H and O–H groups in total. The van der Waals surface area contributed by atoms with Crippen molar-refractivity contribution in [3.8, 4) is 17.0 Å². The second-order valence-electron chi connectivity index (χ2n) is 9.98. The van der Waals surface area contributed by atoms with E-state index in [0.29, 0.717) is 6.54 Å². The van der Waals surface area contributed by atoms with Gasteiger partial charge in [-0.2, -0.15) is 5.10 Å². The Morgan fingerprint density at radius 2 is 1.21 bits per heavy atom. The zero-order chi connectivity index (χ0) is 28.1. The molecule has 0 amide bonds. The Balaban J connectivity index is 0.00000353. The maximum absolute atomic E-state index is 6.62. The van der Waals surface area contributed by atoms with Gasteiger partial charge >= 0.3 is 0 Å². The average molecular weight is 654 g/mol. The SMILES string of the molecule is COc1cccc(-c2cc(C[P+](c3ccccc3)(c3ccccc3)c3ccccc3)nn2Cc2ccccc2Cl)c1.[Br-]. The molecule has 6 heteroatoms. The zero-order valence-corrected chi connectivity index (χ0v) is 26.5. The molecule has 0 aliphatic carbocycles. The minimum Gasteiger partial charge on any atom is -1.00 e. The van der Waals surface area contributed by atoms with Gasteiger partial charge in [0.05, 0.1) is 19.3 Å². The highest BCUT2D eigenvalue weighted by Gasteiger charge is 2.46. The summed E-state index contributed by atoms with van der Waals surface area (Å²) in [6.07, 6.45) is 0.789. The van der Waals surface area contributed by atoms with E-state index in [1.807, 2.05) is 30.3 Å². The lowest BCUT2D eigenvalue weighted by atomic mass is 10.1. The molecular formula is C36H31BrClN2OP. The molecule has 0 saturated carbocycles. The third kappa shape index (κ3) is 6.08. The van der Waals surface area contributed by atoms with Crippen LogP contribution in [0.3, 0.4) is 0 Å². The van der Waals surface area contributed by atoms with Crippen molar-refractivity contribution in [1.82, 2.24) is 9.78 Å². The van der Waals surface area contributed by atoms with Crippen molar-refractivity contribution in [3.05, 3.63) is 162 Å². The van der Waals surface area contributed by atoms with Gasteiger partial charge in [0.1, 0.15) is 40.8 Å². The molecule has 42 heavy (non-hydrogen) atoms. The molecule has 0 bridgehead atoms. The first-order valence-corrected chi connectivity index (χ1v) is 16.0. The van der Waals surface area contributed by atoms with Crippen LogP contribution < -0.4 is 37.6 Å². The van der Waals surface area contributed by atoms with E-state index in [-0.39, 0.29) is 17.0 Å². The number of hydrogen-bond acceptors (Lipinski definition) is 2. The molecule has 1 heterocycles. The predicted octanol–water partition coefficient (Wildman–Crippen LogP) is 4.76. The summed E-state index contributed by atoms with van der Waals surface area (Å²) >= 11 is 6.62. The van der Waals surface area contributed by atoms with Crippen LogP contribution in [0.4, 0.5) is 0 Å². The van der Waals surface area contributed by atoms with Crippen LogP contribution in [0.25, 0.3) is 11.3 Å². The summed E-state index contributed by atoms with van der Waals surface area (Å²) < 4.78 is 7.65. The quantitative estimate of drug-likeness (QED) is 0.211. The second-order valence-corrected chi connectivity index (χ2v) is 13.9. The summed E-state index contributed by atoms with van der Waals surface area (Å²) in [5.41, 5.74) is 4.16. The number of ether oxygens (including phenoxy) is 1. The summed E-state index contributed by atoms with van der Waals surface area (Å²) in [5.74, 6) is 0.814. The average Bonchev–Trinajstić information content (AvgIpc) is 3.44. The second kappa shape index (κ2) is 13.5. The number of halogens is 2. The molecule has 0 atom stereocenters. The van der Waals surface area contributed by atoms with Crippen LogP contribution in [0.1, 0.15) is 11.3 Å². The van der Waals surface area contributed by atoms with E-state index < -0.39 is 7.26 Å². The first kappa shape index (κ1) is 29.8. The lowest BCUT2D eigenvalue weighted by Crippen LogP contribution is -3.00. The summed E-state index contributed by atoms with van der Waals surface area (Å²) in [5, 5.41) is 10.0. The van der Waals surface area contributed by atoms with Gasteiger partial charge in [0.2, 0.25) is 0 Å². The molecule has 5 aromatic carbocycles. The Bertz CT molecular complexity index is 1650. The molecule has 0 fully saturated rings. The molecule has 210 valence electrons. The van der Waals surface area contributed by atoms with Crippen molar-refractivity contribution < 1.29 is 21.7 Å². The van der Waals surface area contributed by atoms with Crippen molar-refractivity contribution in [2.24, 2.45) is 0 Å². The van der Waals surface area contributed by atoms with Crippen molar-refractivity contribution in [2.75, 3.05) is 7.11 Å². The largest absolute Gasteiger partial charge is 1.00 e. The third-order valence-electron chi connectivity index (χ3n) is 7.46. The van der Waals surface area contributed by atoms with Gasteiger partial charge < -0.3 is 21.7 Å². The number of hydrogen-bond donors (Lipinski definition) is 0. The Morgan fingerprint density at radius 3 is 1.76 bits per heavy atom. The van der Waals surface area contributed by atoms with Crippen LogP contribution in [-0.4, -0.2) is 16.9 Å². The molecule has 0 aliphatic rings. The van der Waals surface area contributed by atoms with Gasteiger partial charge in [0.25, 0.3) is 0 Å². The normalized spacial score (nSPS) is 11.1. The number of benzene rings is 5. The zero-order valence-electron chi connectivity index (χ0n) is 23.3. The Morgan fingerprint density at radius 1 is 0.667 bits per heavy atom. The summed E-state index contributed by atoms with van der Waals surface area (Å²) in [4.78, 5) is 0. The fourth-order valence-electron chi connectivity index (χ4n) is 5.48. The van der Waals surface area contributed by atoms with E-state index in [0.717, 1.165) is 39.4 Å². The van der Waals surface area contributed by atoms with Gasteiger partial charge in [-0.05, 0) is 66.2 Å². The minimum atomic E-state index is -2.11.